The molecule has 7 heterocycles. The SMILES string of the molecule is Fc1cc2nc3c4cccnc4c4ncccc4c3nc2cc1F.[Ru].c1cnc2c(ccc3nccnc32)n1.c1cnc2c(ccc3nccnc32)n1. The van der Waals surface area contributed by atoms with Crippen LogP contribution in [0.5, 0.6) is 0 Å². The van der Waals surface area contributed by atoms with Gasteiger partial charge in [-0.1, -0.05) is 0 Å². The first-order chi connectivity index (χ1) is 25.6. The Labute approximate surface area is 309 Å². The third kappa shape index (κ3) is 6.12. The fraction of sp³-hybridized carbons (Fsp3) is 0. The van der Waals surface area contributed by atoms with Crippen LogP contribution in [-0.2, 0) is 19.5 Å². The Bertz CT molecular complexity index is 2830. The van der Waals surface area contributed by atoms with Gasteiger partial charge in [0.25, 0.3) is 0 Å². The second-order valence-corrected chi connectivity index (χ2v) is 11.3. The van der Waals surface area contributed by atoms with Gasteiger partial charge in [-0.25, -0.2) is 18.7 Å². The summed E-state index contributed by atoms with van der Waals surface area (Å²) in [5.74, 6) is -1.89. The van der Waals surface area contributed by atoms with E-state index in [0.29, 0.717) is 33.1 Å². The van der Waals surface area contributed by atoms with Crippen LogP contribution < -0.4 is 0 Å². The van der Waals surface area contributed by atoms with E-state index in [4.69, 9.17) is 0 Å². The van der Waals surface area contributed by atoms with Crippen molar-refractivity contribution in [3.63, 3.8) is 0 Å². The number of halogens is 2. The molecule has 12 nitrogen and oxygen atoms in total. The number of hydrogen-bond donors (Lipinski definition) is 0. The molecule has 0 N–H and O–H groups in total. The molecule has 7 aromatic heterocycles. The molecule has 0 radical (unpaired) electrons. The summed E-state index contributed by atoms with van der Waals surface area (Å²) < 4.78 is 27.1. The first kappa shape index (κ1) is 33.3. The second-order valence-electron chi connectivity index (χ2n) is 11.3. The van der Waals surface area contributed by atoms with Gasteiger partial charge in [0.1, 0.15) is 22.1 Å². The van der Waals surface area contributed by atoms with Crippen molar-refractivity contribution in [1.82, 2.24) is 59.8 Å². The average molecular weight is 784 g/mol. The van der Waals surface area contributed by atoms with Gasteiger partial charge in [-0.15, -0.1) is 0 Å². The predicted molar refractivity (Wildman–Crippen MR) is 193 cm³/mol. The maximum atomic E-state index is 13.6. The van der Waals surface area contributed by atoms with Crippen molar-refractivity contribution in [3.8, 4) is 0 Å². The number of benzene rings is 4. The Balaban J connectivity index is 0.000000119. The summed E-state index contributed by atoms with van der Waals surface area (Å²) in [4.78, 5) is 51.6. The van der Waals surface area contributed by atoms with Crippen molar-refractivity contribution < 1.29 is 28.3 Å². The zero-order valence-electron chi connectivity index (χ0n) is 27.0. The summed E-state index contributed by atoms with van der Waals surface area (Å²) in [5.41, 5.74) is 9.81. The van der Waals surface area contributed by atoms with Crippen LogP contribution in [-0.4, -0.2) is 59.8 Å². The van der Waals surface area contributed by atoms with E-state index < -0.39 is 11.6 Å². The third-order valence-corrected chi connectivity index (χ3v) is 8.21. The largest absolute Gasteiger partial charge is 0.254 e. The molecule has 0 saturated heterocycles. The van der Waals surface area contributed by atoms with Crippen molar-refractivity contribution in [2.24, 2.45) is 0 Å². The van der Waals surface area contributed by atoms with Crippen molar-refractivity contribution in [3.05, 3.63) is 134 Å². The van der Waals surface area contributed by atoms with E-state index in [1.165, 1.54) is 0 Å². The topological polar surface area (TPSA) is 155 Å². The fourth-order valence-electron chi connectivity index (χ4n) is 5.93. The van der Waals surface area contributed by atoms with Gasteiger partial charge in [-0.2, -0.15) is 0 Å². The van der Waals surface area contributed by atoms with Crippen LogP contribution in [0.2, 0.25) is 0 Å². The molecule has 0 bridgehead atoms. The predicted octanol–water partition coefficient (Wildman–Crippen LogP) is 7.30. The quantitative estimate of drug-likeness (QED) is 0.0861. The fourth-order valence-corrected chi connectivity index (χ4v) is 5.93. The first-order valence-corrected chi connectivity index (χ1v) is 15.8. The van der Waals surface area contributed by atoms with Crippen LogP contribution in [0.25, 0.3) is 88.0 Å². The van der Waals surface area contributed by atoms with Crippen molar-refractivity contribution in [2.75, 3.05) is 0 Å². The third-order valence-electron chi connectivity index (χ3n) is 8.21. The summed E-state index contributed by atoms with van der Waals surface area (Å²) in [5, 5.41) is 1.55. The number of rotatable bonds is 0. The van der Waals surface area contributed by atoms with Crippen LogP contribution in [0.4, 0.5) is 8.78 Å². The maximum Gasteiger partial charge on any atom is 0.161 e. The smallest absolute Gasteiger partial charge is 0.161 e. The van der Waals surface area contributed by atoms with Crippen molar-refractivity contribution in [2.45, 2.75) is 0 Å². The number of pyridine rings is 2. The molecule has 0 amide bonds. The van der Waals surface area contributed by atoms with Gasteiger partial charge in [-0.3, -0.25) is 49.8 Å². The molecular formula is C38H20F2N12Ru. The van der Waals surface area contributed by atoms with E-state index in [-0.39, 0.29) is 19.5 Å². The molecular weight excluding hydrogens is 764 g/mol. The summed E-state index contributed by atoms with van der Waals surface area (Å²) in [6, 6.07) is 17.1. The summed E-state index contributed by atoms with van der Waals surface area (Å²) >= 11 is 0. The molecule has 0 unspecified atom stereocenters. The minimum atomic E-state index is -0.943. The second kappa shape index (κ2) is 14.0. The zero-order chi connectivity index (χ0) is 35.0. The van der Waals surface area contributed by atoms with Gasteiger partial charge in [0.2, 0.25) is 0 Å². The van der Waals surface area contributed by atoms with Gasteiger partial charge in [0, 0.05) is 104 Å². The van der Waals surface area contributed by atoms with E-state index in [1.54, 1.807) is 74.1 Å². The normalized spacial score (nSPS) is 11.1. The molecule has 254 valence electrons. The molecule has 0 fully saturated rings. The van der Waals surface area contributed by atoms with Crippen LogP contribution in [0, 0.1) is 11.6 Å². The zero-order valence-corrected chi connectivity index (χ0v) is 28.8. The Morgan fingerprint density at radius 3 is 0.943 bits per heavy atom. The Morgan fingerprint density at radius 2 is 0.604 bits per heavy atom. The van der Waals surface area contributed by atoms with Crippen LogP contribution >= 0.6 is 0 Å². The monoisotopic (exact) mass is 784 g/mol. The van der Waals surface area contributed by atoms with E-state index in [2.05, 4.69) is 59.8 Å². The first-order valence-electron chi connectivity index (χ1n) is 15.8. The molecule has 15 heteroatoms. The minimum Gasteiger partial charge on any atom is -0.254 e. The summed E-state index contributed by atoms with van der Waals surface area (Å²) in [7, 11) is 0. The van der Waals surface area contributed by atoms with E-state index in [0.717, 1.165) is 67.0 Å². The molecule has 0 aliphatic rings. The standard InChI is InChI=1S/C18H8F2N4.2C10H6N4.Ru/c19-11-7-13-14(8-12(11)20)24-18-10-4-2-6-22-16(10)15-9(17(18)23-13)3-1-5-21-15;2*1-2-8-10(14-6-4-12-8)9-7(1)11-3-5-13-9;/h1-8H;2*1-6H;. The molecule has 0 atom stereocenters. The van der Waals surface area contributed by atoms with Gasteiger partial charge in [-0.05, 0) is 48.5 Å². The number of aromatic nitrogens is 12. The van der Waals surface area contributed by atoms with E-state index >= 15 is 0 Å². The summed E-state index contributed by atoms with van der Waals surface area (Å²) in [6.07, 6.45) is 16.7. The number of hydrogen-bond acceptors (Lipinski definition) is 12. The van der Waals surface area contributed by atoms with Gasteiger partial charge < -0.3 is 0 Å². The van der Waals surface area contributed by atoms with Crippen LogP contribution in [0.3, 0.4) is 0 Å². The molecule has 53 heavy (non-hydrogen) atoms. The Hall–Kier alpha value is -6.86. The van der Waals surface area contributed by atoms with Gasteiger partial charge >= 0.3 is 0 Å². The number of fused-ring (bicyclic) bond motifs is 13. The van der Waals surface area contributed by atoms with Gasteiger partial charge in [0.15, 0.2) is 11.6 Å². The summed E-state index contributed by atoms with van der Waals surface area (Å²) in [6.45, 7) is 0. The molecule has 11 rings (SSSR count). The molecule has 0 aliphatic heterocycles. The van der Waals surface area contributed by atoms with Crippen molar-refractivity contribution >= 4 is 88.0 Å². The average Bonchev–Trinajstić information content (AvgIpc) is 3.21. The Kier molecular flexibility index (Phi) is 8.82. The van der Waals surface area contributed by atoms with Crippen LogP contribution in [0.1, 0.15) is 0 Å². The van der Waals surface area contributed by atoms with E-state index in [1.807, 2.05) is 36.4 Å². The molecule has 0 saturated carbocycles. The Morgan fingerprint density at radius 1 is 0.302 bits per heavy atom. The minimum absolute atomic E-state index is 0. The van der Waals surface area contributed by atoms with E-state index in [9.17, 15) is 8.78 Å². The molecule has 0 spiro atoms. The molecule has 11 aromatic rings. The maximum absolute atomic E-state index is 13.6. The number of nitrogens with zero attached hydrogens (tertiary/aromatic N) is 12. The molecule has 4 aromatic carbocycles. The van der Waals surface area contributed by atoms with Crippen molar-refractivity contribution in [1.29, 1.82) is 0 Å². The van der Waals surface area contributed by atoms with Crippen LogP contribution in [0.15, 0.2) is 123 Å². The molecule has 0 aliphatic carbocycles. The van der Waals surface area contributed by atoms with Gasteiger partial charge in [0.05, 0.1) is 55.2 Å².